The van der Waals surface area contributed by atoms with Gasteiger partial charge >= 0.3 is 6.18 Å². The van der Waals surface area contributed by atoms with Gasteiger partial charge < -0.3 is 10.6 Å². The van der Waals surface area contributed by atoms with E-state index in [-0.39, 0.29) is 5.02 Å². The summed E-state index contributed by atoms with van der Waals surface area (Å²) < 4.78 is 38.3. The summed E-state index contributed by atoms with van der Waals surface area (Å²) in [5, 5.41) is 5.69. The summed E-state index contributed by atoms with van der Waals surface area (Å²) in [5.41, 5.74) is 0.664. The zero-order valence-corrected chi connectivity index (χ0v) is 14.2. The maximum atomic E-state index is 12.8. The van der Waals surface area contributed by atoms with Gasteiger partial charge in [0.1, 0.15) is 5.82 Å². The highest BCUT2D eigenvalue weighted by atomic mass is 35.5. The van der Waals surface area contributed by atoms with Gasteiger partial charge in [0.05, 0.1) is 27.7 Å². The standard InChI is InChI=1S/C17H13ClF3N5/c1-22-16-25-14(13-4-2-3-7-23-13)9-15(26-16)24-12-6-5-10(8-11(12)18)17(19,20)21/h2-9H,1H3,(H2,22,24,25,26). The van der Waals surface area contributed by atoms with Crippen LogP contribution >= 0.6 is 11.6 Å². The minimum Gasteiger partial charge on any atom is -0.357 e. The third kappa shape index (κ3) is 4.02. The number of rotatable bonds is 4. The second-order valence-corrected chi connectivity index (χ2v) is 5.65. The summed E-state index contributed by atoms with van der Waals surface area (Å²) >= 11 is 5.98. The molecule has 2 heterocycles. The van der Waals surface area contributed by atoms with E-state index in [1.807, 2.05) is 6.07 Å². The van der Waals surface area contributed by atoms with Gasteiger partial charge in [-0.3, -0.25) is 4.98 Å². The van der Waals surface area contributed by atoms with E-state index in [1.165, 1.54) is 6.07 Å². The van der Waals surface area contributed by atoms with Crippen molar-refractivity contribution in [3.05, 3.63) is 59.2 Å². The van der Waals surface area contributed by atoms with Crippen molar-refractivity contribution >= 4 is 29.1 Å². The molecule has 3 rings (SSSR count). The molecular formula is C17H13ClF3N5. The number of hydrogen-bond donors (Lipinski definition) is 2. The molecule has 1 aromatic carbocycles. The van der Waals surface area contributed by atoms with Crippen LogP contribution in [0.1, 0.15) is 5.56 Å². The SMILES string of the molecule is CNc1nc(Nc2ccc(C(F)(F)F)cc2Cl)cc(-c2ccccn2)n1. The molecule has 0 aliphatic heterocycles. The van der Waals surface area contributed by atoms with Crippen LogP contribution in [0.2, 0.25) is 5.02 Å². The Hall–Kier alpha value is -2.87. The van der Waals surface area contributed by atoms with E-state index in [1.54, 1.807) is 31.4 Å². The summed E-state index contributed by atoms with van der Waals surface area (Å²) in [4.78, 5) is 12.8. The Kier molecular flexibility index (Phi) is 4.94. The molecule has 26 heavy (non-hydrogen) atoms. The van der Waals surface area contributed by atoms with Gasteiger partial charge in [0.2, 0.25) is 5.95 Å². The molecule has 3 aromatic rings. The smallest absolute Gasteiger partial charge is 0.357 e. The minimum atomic E-state index is -4.46. The Morgan fingerprint density at radius 2 is 1.81 bits per heavy atom. The molecular weight excluding hydrogens is 367 g/mol. The van der Waals surface area contributed by atoms with E-state index >= 15 is 0 Å². The first kappa shape index (κ1) is 17.9. The molecule has 9 heteroatoms. The first-order valence-corrected chi connectivity index (χ1v) is 7.86. The Balaban J connectivity index is 1.95. The molecule has 0 fully saturated rings. The maximum absolute atomic E-state index is 12.8. The highest BCUT2D eigenvalue weighted by molar-refractivity contribution is 6.33. The third-order valence-electron chi connectivity index (χ3n) is 3.44. The van der Waals surface area contributed by atoms with Crippen molar-refractivity contribution < 1.29 is 13.2 Å². The number of anilines is 3. The summed E-state index contributed by atoms with van der Waals surface area (Å²) in [6, 6.07) is 10.1. The minimum absolute atomic E-state index is 0.0659. The Morgan fingerprint density at radius 3 is 2.42 bits per heavy atom. The lowest BCUT2D eigenvalue weighted by atomic mass is 10.2. The van der Waals surface area contributed by atoms with Gasteiger partial charge in [0.15, 0.2) is 0 Å². The van der Waals surface area contributed by atoms with Crippen molar-refractivity contribution in [1.82, 2.24) is 15.0 Å². The van der Waals surface area contributed by atoms with Crippen molar-refractivity contribution in [3.63, 3.8) is 0 Å². The number of pyridine rings is 1. The Morgan fingerprint density at radius 1 is 1.00 bits per heavy atom. The first-order chi connectivity index (χ1) is 12.4. The fourth-order valence-corrected chi connectivity index (χ4v) is 2.43. The number of nitrogens with one attached hydrogen (secondary N) is 2. The normalized spacial score (nSPS) is 11.3. The maximum Gasteiger partial charge on any atom is 0.416 e. The molecule has 0 saturated heterocycles. The molecule has 0 bridgehead atoms. The third-order valence-corrected chi connectivity index (χ3v) is 3.75. The van der Waals surface area contributed by atoms with E-state index < -0.39 is 11.7 Å². The van der Waals surface area contributed by atoms with Crippen LogP contribution in [-0.2, 0) is 6.18 Å². The largest absolute Gasteiger partial charge is 0.416 e. The number of halogens is 4. The molecule has 0 aliphatic rings. The van der Waals surface area contributed by atoms with Gasteiger partial charge in [-0.2, -0.15) is 18.2 Å². The number of aromatic nitrogens is 3. The van der Waals surface area contributed by atoms with Crippen LogP contribution in [0.25, 0.3) is 11.4 Å². The zero-order chi connectivity index (χ0) is 18.7. The number of hydrogen-bond acceptors (Lipinski definition) is 5. The molecule has 0 unspecified atom stereocenters. The quantitative estimate of drug-likeness (QED) is 0.668. The van der Waals surface area contributed by atoms with Crippen LogP contribution in [0.3, 0.4) is 0 Å². The van der Waals surface area contributed by atoms with Crippen LogP contribution in [0.4, 0.5) is 30.6 Å². The molecule has 2 aromatic heterocycles. The van der Waals surface area contributed by atoms with Gasteiger partial charge in [-0.25, -0.2) is 4.98 Å². The lowest BCUT2D eigenvalue weighted by Gasteiger charge is -2.13. The molecule has 2 N–H and O–H groups in total. The molecule has 0 aliphatic carbocycles. The summed E-state index contributed by atoms with van der Waals surface area (Å²) in [7, 11) is 1.66. The summed E-state index contributed by atoms with van der Waals surface area (Å²) in [6.45, 7) is 0. The number of nitrogens with zero attached hydrogens (tertiary/aromatic N) is 3. The highest BCUT2D eigenvalue weighted by Gasteiger charge is 2.30. The Bertz CT molecular complexity index is 916. The van der Waals surface area contributed by atoms with Crippen LogP contribution in [0.15, 0.2) is 48.7 Å². The van der Waals surface area contributed by atoms with Crippen LogP contribution in [-0.4, -0.2) is 22.0 Å². The van der Waals surface area contributed by atoms with E-state index in [0.717, 1.165) is 12.1 Å². The van der Waals surface area contributed by atoms with Crippen LogP contribution in [0.5, 0.6) is 0 Å². The average Bonchev–Trinajstić information content (AvgIpc) is 2.63. The van der Waals surface area contributed by atoms with Crippen molar-refractivity contribution in [2.75, 3.05) is 17.7 Å². The van der Waals surface area contributed by atoms with Crippen molar-refractivity contribution in [3.8, 4) is 11.4 Å². The molecule has 0 atom stereocenters. The average molecular weight is 380 g/mol. The van der Waals surface area contributed by atoms with Crippen molar-refractivity contribution in [2.24, 2.45) is 0 Å². The van der Waals surface area contributed by atoms with Crippen molar-refractivity contribution in [1.29, 1.82) is 0 Å². The molecule has 0 saturated carbocycles. The zero-order valence-electron chi connectivity index (χ0n) is 13.5. The lowest BCUT2D eigenvalue weighted by Crippen LogP contribution is -2.06. The van der Waals surface area contributed by atoms with Gasteiger partial charge in [-0.05, 0) is 30.3 Å². The van der Waals surface area contributed by atoms with Gasteiger partial charge in [-0.15, -0.1) is 0 Å². The molecule has 0 amide bonds. The summed E-state index contributed by atoms with van der Waals surface area (Å²) in [6.07, 6.45) is -2.82. The fourth-order valence-electron chi connectivity index (χ4n) is 2.20. The van der Waals surface area contributed by atoms with E-state index in [2.05, 4.69) is 25.6 Å². The molecule has 134 valence electrons. The lowest BCUT2D eigenvalue weighted by molar-refractivity contribution is -0.137. The molecule has 5 nitrogen and oxygen atoms in total. The van der Waals surface area contributed by atoms with Crippen molar-refractivity contribution in [2.45, 2.75) is 6.18 Å². The second-order valence-electron chi connectivity index (χ2n) is 5.24. The predicted octanol–water partition coefficient (Wildman–Crippen LogP) is 5.00. The van der Waals surface area contributed by atoms with Gasteiger partial charge in [0.25, 0.3) is 0 Å². The second kappa shape index (κ2) is 7.17. The van der Waals surface area contributed by atoms with E-state index in [4.69, 9.17) is 11.6 Å². The topological polar surface area (TPSA) is 62.7 Å². The first-order valence-electron chi connectivity index (χ1n) is 7.49. The Labute approximate surface area is 152 Å². The highest BCUT2D eigenvalue weighted by Crippen LogP contribution is 2.34. The number of alkyl halides is 3. The molecule has 0 radical (unpaired) electrons. The monoisotopic (exact) mass is 379 g/mol. The van der Waals surface area contributed by atoms with E-state index in [0.29, 0.717) is 28.8 Å². The molecule has 0 spiro atoms. The van der Waals surface area contributed by atoms with Crippen LogP contribution < -0.4 is 10.6 Å². The van der Waals surface area contributed by atoms with Crippen LogP contribution in [0, 0.1) is 0 Å². The predicted molar refractivity (Wildman–Crippen MR) is 94.5 cm³/mol. The summed E-state index contributed by atoms with van der Waals surface area (Å²) in [5.74, 6) is 0.699. The van der Waals surface area contributed by atoms with E-state index in [9.17, 15) is 13.2 Å². The fraction of sp³-hybridized carbons (Fsp3) is 0.118. The van der Waals surface area contributed by atoms with Gasteiger partial charge in [-0.1, -0.05) is 17.7 Å². The number of benzene rings is 1. The van der Waals surface area contributed by atoms with Gasteiger partial charge in [0, 0.05) is 19.3 Å².